The molecule has 0 atom stereocenters. The summed E-state index contributed by atoms with van der Waals surface area (Å²) in [5.74, 6) is 0. The highest BCUT2D eigenvalue weighted by Crippen LogP contribution is 2.30. The Bertz CT molecular complexity index is 328. The topological polar surface area (TPSA) is 41.3 Å². The Morgan fingerprint density at radius 3 is 2.86 bits per heavy atom. The molecule has 0 aromatic heterocycles. The predicted molar refractivity (Wildman–Crippen MR) is 60.5 cm³/mol. The molecule has 3 heteroatoms. The number of hydrogen-bond acceptors (Lipinski definition) is 3. The molecule has 2 rings (SSSR count). The van der Waals surface area contributed by atoms with Gasteiger partial charge in [0.2, 0.25) is 0 Å². The van der Waals surface area contributed by atoms with Crippen molar-refractivity contribution >= 4 is 11.4 Å². The van der Waals surface area contributed by atoms with E-state index < -0.39 is 0 Å². The van der Waals surface area contributed by atoms with E-state index in [1.807, 2.05) is 19.9 Å². The van der Waals surface area contributed by atoms with E-state index >= 15 is 0 Å². The SMILES string of the molecule is CC(C)(N)CN1CNc2ccccc21. The van der Waals surface area contributed by atoms with Crippen LogP contribution in [0.1, 0.15) is 13.8 Å². The minimum absolute atomic E-state index is 0.154. The third-order valence-electron chi connectivity index (χ3n) is 2.30. The van der Waals surface area contributed by atoms with Gasteiger partial charge < -0.3 is 16.0 Å². The second kappa shape index (κ2) is 3.17. The second-order valence-electron chi connectivity index (χ2n) is 4.54. The molecule has 0 fully saturated rings. The average Bonchev–Trinajstić information content (AvgIpc) is 2.47. The number of benzene rings is 1. The van der Waals surface area contributed by atoms with E-state index in [9.17, 15) is 0 Å². The van der Waals surface area contributed by atoms with E-state index in [2.05, 4.69) is 28.4 Å². The van der Waals surface area contributed by atoms with Crippen molar-refractivity contribution in [1.82, 2.24) is 0 Å². The third-order valence-corrected chi connectivity index (χ3v) is 2.30. The van der Waals surface area contributed by atoms with Crippen LogP contribution in [0, 0.1) is 0 Å². The highest BCUT2D eigenvalue weighted by molar-refractivity contribution is 5.74. The summed E-state index contributed by atoms with van der Waals surface area (Å²) in [5.41, 5.74) is 8.31. The van der Waals surface area contributed by atoms with Crippen molar-refractivity contribution in [2.24, 2.45) is 5.73 Å². The fraction of sp³-hybridized carbons (Fsp3) is 0.455. The first-order valence-electron chi connectivity index (χ1n) is 4.93. The fourth-order valence-electron chi connectivity index (χ4n) is 1.80. The number of anilines is 2. The molecule has 0 saturated carbocycles. The van der Waals surface area contributed by atoms with Gasteiger partial charge >= 0.3 is 0 Å². The van der Waals surface area contributed by atoms with Crippen molar-refractivity contribution < 1.29 is 0 Å². The summed E-state index contributed by atoms with van der Waals surface area (Å²) in [4.78, 5) is 2.27. The van der Waals surface area contributed by atoms with E-state index in [1.54, 1.807) is 0 Å². The lowest BCUT2D eigenvalue weighted by Crippen LogP contribution is -2.45. The zero-order valence-corrected chi connectivity index (χ0v) is 8.75. The molecular weight excluding hydrogens is 174 g/mol. The normalized spacial score (nSPS) is 15.2. The molecule has 0 bridgehead atoms. The summed E-state index contributed by atoms with van der Waals surface area (Å²) in [6, 6.07) is 8.32. The maximum Gasteiger partial charge on any atom is 0.0878 e. The first-order valence-corrected chi connectivity index (χ1v) is 4.93. The maximum atomic E-state index is 6.00. The average molecular weight is 191 g/mol. The van der Waals surface area contributed by atoms with Crippen molar-refractivity contribution in [2.45, 2.75) is 19.4 Å². The molecular formula is C11H17N3. The molecule has 0 saturated heterocycles. The van der Waals surface area contributed by atoms with Gasteiger partial charge in [-0.05, 0) is 26.0 Å². The van der Waals surface area contributed by atoms with Gasteiger partial charge in [-0.25, -0.2) is 0 Å². The Labute approximate surface area is 84.9 Å². The number of fused-ring (bicyclic) bond motifs is 1. The number of nitrogens with two attached hydrogens (primary N) is 1. The lowest BCUT2D eigenvalue weighted by molar-refractivity contribution is 0.514. The molecule has 1 aromatic carbocycles. The number of rotatable bonds is 2. The smallest absolute Gasteiger partial charge is 0.0878 e. The van der Waals surface area contributed by atoms with Gasteiger partial charge in [-0.2, -0.15) is 0 Å². The lowest BCUT2D eigenvalue weighted by atomic mass is 10.1. The maximum absolute atomic E-state index is 6.00. The van der Waals surface area contributed by atoms with Crippen LogP contribution in [0.15, 0.2) is 24.3 Å². The van der Waals surface area contributed by atoms with Crippen molar-refractivity contribution in [1.29, 1.82) is 0 Å². The Balaban J connectivity index is 2.18. The van der Waals surface area contributed by atoms with Crippen LogP contribution in [0.25, 0.3) is 0 Å². The summed E-state index contributed by atoms with van der Waals surface area (Å²) < 4.78 is 0. The van der Waals surface area contributed by atoms with Crippen molar-refractivity contribution in [3.8, 4) is 0 Å². The van der Waals surface area contributed by atoms with Crippen LogP contribution < -0.4 is 16.0 Å². The number of hydrogen-bond donors (Lipinski definition) is 2. The van der Waals surface area contributed by atoms with Crippen molar-refractivity contribution in [3.05, 3.63) is 24.3 Å². The van der Waals surface area contributed by atoms with E-state index in [-0.39, 0.29) is 5.54 Å². The minimum atomic E-state index is -0.154. The molecule has 0 amide bonds. The molecule has 1 aliphatic heterocycles. The second-order valence-corrected chi connectivity index (χ2v) is 4.54. The summed E-state index contributed by atoms with van der Waals surface area (Å²) >= 11 is 0. The predicted octanol–water partition coefficient (Wildman–Crippen LogP) is 1.61. The van der Waals surface area contributed by atoms with E-state index in [1.165, 1.54) is 11.4 Å². The van der Waals surface area contributed by atoms with Crippen LogP contribution in [0.4, 0.5) is 11.4 Å². The molecule has 1 aliphatic rings. The zero-order chi connectivity index (χ0) is 10.2. The molecule has 0 radical (unpaired) electrons. The van der Waals surface area contributed by atoms with E-state index in [0.29, 0.717) is 0 Å². The molecule has 0 spiro atoms. The van der Waals surface area contributed by atoms with Gasteiger partial charge in [-0.15, -0.1) is 0 Å². The summed E-state index contributed by atoms with van der Waals surface area (Å²) in [6.07, 6.45) is 0. The van der Waals surface area contributed by atoms with Crippen molar-refractivity contribution in [3.63, 3.8) is 0 Å². The van der Waals surface area contributed by atoms with Crippen LogP contribution in [-0.4, -0.2) is 18.8 Å². The molecule has 3 N–H and O–H groups in total. The molecule has 1 heterocycles. The van der Waals surface area contributed by atoms with Gasteiger partial charge in [0, 0.05) is 12.1 Å². The van der Waals surface area contributed by atoms with E-state index in [4.69, 9.17) is 5.73 Å². The van der Waals surface area contributed by atoms with Crippen LogP contribution in [0.5, 0.6) is 0 Å². The van der Waals surface area contributed by atoms with E-state index in [0.717, 1.165) is 13.2 Å². The van der Waals surface area contributed by atoms with Gasteiger partial charge in [0.15, 0.2) is 0 Å². The Kier molecular flexibility index (Phi) is 2.11. The van der Waals surface area contributed by atoms with Crippen LogP contribution in [0.2, 0.25) is 0 Å². The van der Waals surface area contributed by atoms with Crippen LogP contribution >= 0.6 is 0 Å². The Morgan fingerprint density at radius 1 is 1.43 bits per heavy atom. The molecule has 1 aromatic rings. The number of para-hydroxylation sites is 2. The monoisotopic (exact) mass is 191 g/mol. The van der Waals surface area contributed by atoms with Gasteiger partial charge in [0.1, 0.15) is 0 Å². The standard InChI is InChI=1S/C11H17N3/c1-11(2,12)7-14-8-13-9-5-3-4-6-10(9)14/h3-6,13H,7-8,12H2,1-2H3. The summed E-state index contributed by atoms with van der Waals surface area (Å²) in [7, 11) is 0. The molecule has 76 valence electrons. The Morgan fingerprint density at radius 2 is 2.14 bits per heavy atom. The van der Waals surface area contributed by atoms with Gasteiger partial charge in [-0.1, -0.05) is 12.1 Å². The number of nitrogens with zero attached hydrogens (tertiary/aromatic N) is 1. The molecule has 14 heavy (non-hydrogen) atoms. The first kappa shape index (κ1) is 9.34. The quantitative estimate of drug-likeness (QED) is 0.746. The first-order chi connectivity index (χ1) is 6.56. The summed E-state index contributed by atoms with van der Waals surface area (Å²) in [6.45, 7) is 5.83. The third kappa shape index (κ3) is 1.82. The summed E-state index contributed by atoms with van der Waals surface area (Å²) in [5, 5.41) is 3.34. The van der Waals surface area contributed by atoms with Crippen molar-refractivity contribution in [2.75, 3.05) is 23.4 Å². The Hall–Kier alpha value is -1.22. The molecule has 3 nitrogen and oxygen atoms in total. The molecule has 0 unspecified atom stereocenters. The minimum Gasteiger partial charge on any atom is -0.366 e. The zero-order valence-electron chi connectivity index (χ0n) is 8.75. The lowest BCUT2D eigenvalue weighted by Gasteiger charge is -2.27. The van der Waals surface area contributed by atoms with Crippen LogP contribution in [-0.2, 0) is 0 Å². The van der Waals surface area contributed by atoms with Gasteiger partial charge in [-0.3, -0.25) is 0 Å². The highest BCUT2D eigenvalue weighted by atomic mass is 15.3. The van der Waals surface area contributed by atoms with Gasteiger partial charge in [0.25, 0.3) is 0 Å². The largest absolute Gasteiger partial charge is 0.366 e. The highest BCUT2D eigenvalue weighted by Gasteiger charge is 2.22. The molecule has 0 aliphatic carbocycles. The van der Waals surface area contributed by atoms with Gasteiger partial charge in [0.05, 0.1) is 18.0 Å². The fourth-order valence-corrected chi connectivity index (χ4v) is 1.80. The number of nitrogens with one attached hydrogen (secondary N) is 1. The van der Waals surface area contributed by atoms with Crippen LogP contribution in [0.3, 0.4) is 0 Å².